The fraction of sp³-hybridized carbons (Fsp3) is 1.00. The Morgan fingerprint density at radius 1 is 1.21 bits per heavy atom. The first-order valence-corrected chi connectivity index (χ1v) is 6.32. The van der Waals surface area contributed by atoms with Crippen LogP contribution >= 0.6 is 0 Å². The van der Waals surface area contributed by atoms with Crippen molar-refractivity contribution in [2.75, 3.05) is 6.54 Å². The Kier molecular flexibility index (Phi) is 4.43. The predicted octanol–water partition coefficient (Wildman–Crippen LogP) is 3.59. The minimum Gasteiger partial charge on any atom is -0.313 e. The third-order valence-electron chi connectivity index (χ3n) is 3.55. The maximum Gasteiger partial charge on any atom is 0.0121 e. The minimum atomic E-state index is 0.643. The van der Waals surface area contributed by atoms with E-state index in [0.29, 0.717) is 5.41 Å². The molecule has 1 unspecified atom stereocenters. The fourth-order valence-electron chi connectivity index (χ4n) is 2.06. The minimum absolute atomic E-state index is 0.643. The van der Waals surface area contributed by atoms with Crippen molar-refractivity contribution in [2.24, 2.45) is 11.3 Å². The van der Waals surface area contributed by atoms with Crippen LogP contribution in [0.25, 0.3) is 0 Å². The van der Waals surface area contributed by atoms with Crippen molar-refractivity contribution in [1.82, 2.24) is 5.32 Å². The summed E-state index contributed by atoms with van der Waals surface area (Å²) in [5.41, 5.74) is 0.643. The van der Waals surface area contributed by atoms with Crippen LogP contribution in [0.4, 0.5) is 0 Å². The summed E-state index contributed by atoms with van der Waals surface area (Å²) in [4.78, 5) is 0. The summed E-state index contributed by atoms with van der Waals surface area (Å²) in [6, 6.07) is 0.782. The Bertz CT molecular complexity index is 159. The van der Waals surface area contributed by atoms with Gasteiger partial charge in [-0.1, -0.05) is 27.7 Å². The molecule has 1 aliphatic rings. The van der Waals surface area contributed by atoms with Gasteiger partial charge in [0, 0.05) is 6.04 Å². The summed E-state index contributed by atoms with van der Waals surface area (Å²) < 4.78 is 0. The van der Waals surface area contributed by atoms with Gasteiger partial charge in [0.2, 0.25) is 0 Å². The zero-order valence-corrected chi connectivity index (χ0v) is 10.4. The molecule has 0 amide bonds. The molecule has 0 saturated heterocycles. The molecule has 1 fully saturated rings. The highest BCUT2D eigenvalue weighted by molar-refractivity contribution is 4.98. The lowest BCUT2D eigenvalue weighted by molar-refractivity contribution is 0.317. The quantitative estimate of drug-likeness (QED) is 0.657. The number of hydrogen-bond acceptors (Lipinski definition) is 1. The van der Waals surface area contributed by atoms with Gasteiger partial charge in [-0.3, -0.25) is 0 Å². The normalized spacial score (nSPS) is 21.2. The SMILES string of the molecule is CCCNC(CCC(C)C)C1(C)CC1. The van der Waals surface area contributed by atoms with Crippen LogP contribution in [0.3, 0.4) is 0 Å². The zero-order chi connectivity index (χ0) is 10.6. The van der Waals surface area contributed by atoms with Crippen LogP contribution in [0.15, 0.2) is 0 Å². The van der Waals surface area contributed by atoms with Crippen LogP contribution in [0.5, 0.6) is 0 Å². The number of rotatable bonds is 7. The van der Waals surface area contributed by atoms with Gasteiger partial charge in [-0.15, -0.1) is 0 Å². The highest BCUT2D eigenvalue weighted by Crippen LogP contribution is 2.49. The molecule has 0 spiro atoms. The van der Waals surface area contributed by atoms with Crippen LogP contribution in [0.1, 0.15) is 59.8 Å². The van der Waals surface area contributed by atoms with Crippen LogP contribution in [0.2, 0.25) is 0 Å². The highest BCUT2D eigenvalue weighted by atomic mass is 14.9. The molecule has 1 N–H and O–H groups in total. The average molecular weight is 197 g/mol. The van der Waals surface area contributed by atoms with Crippen molar-refractivity contribution in [1.29, 1.82) is 0 Å². The van der Waals surface area contributed by atoms with Gasteiger partial charge in [0.1, 0.15) is 0 Å². The van der Waals surface area contributed by atoms with E-state index in [4.69, 9.17) is 0 Å². The van der Waals surface area contributed by atoms with E-state index >= 15 is 0 Å². The first-order valence-electron chi connectivity index (χ1n) is 6.32. The zero-order valence-electron chi connectivity index (χ0n) is 10.4. The molecule has 1 nitrogen and oxygen atoms in total. The van der Waals surface area contributed by atoms with Crippen LogP contribution < -0.4 is 5.32 Å². The van der Waals surface area contributed by atoms with Gasteiger partial charge in [0.05, 0.1) is 0 Å². The van der Waals surface area contributed by atoms with Gasteiger partial charge in [-0.05, 0) is 50.0 Å². The van der Waals surface area contributed by atoms with Crippen LogP contribution in [-0.2, 0) is 0 Å². The molecule has 1 aliphatic carbocycles. The first kappa shape index (κ1) is 12.0. The molecule has 1 rings (SSSR count). The molecule has 0 aromatic carbocycles. The van der Waals surface area contributed by atoms with Gasteiger partial charge in [-0.25, -0.2) is 0 Å². The maximum absolute atomic E-state index is 3.73. The van der Waals surface area contributed by atoms with Crippen molar-refractivity contribution in [3.8, 4) is 0 Å². The molecule has 84 valence electrons. The molecular formula is C13H27N. The van der Waals surface area contributed by atoms with E-state index in [0.717, 1.165) is 12.0 Å². The van der Waals surface area contributed by atoms with Crippen molar-refractivity contribution in [2.45, 2.75) is 65.8 Å². The summed E-state index contributed by atoms with van der Waals surface area (Å²) in [5, 5.41) is 3.73. The standard InChI is InChI=1S/C13H27N/c1-5-10-14-12(7-6-11(2)3)13(4)8-9-13/h11-12,14H,5-10H2,1-4H3. The second kappa shape index (κ2) is 5.16. The van der Waals surface area contributed by atoms with Gasteiger partial charge in [0.15, 0.2) is 0 Å². The highest BCUT2D eigenvalue weighted by Gasteiger charge is 2.43. The monoisotopic (exact) mass is 197 g/mol. The smallest absolute Gasteiger partial charge is 0.0121 e. The predicted molar refractivity (Wildman–Crippen MR) is 63.5 cm³/mol. The van der Waals surface area contributed by atoms with E-state index in [1.54, 1.807) is 0 Å². The van der Waals surface area contributed by atoms with E-state index in [2.05, 4.69) is 33.0 Å². The number of hydrogen-bond donors (Lipinski definition) is 1. The van der Waals surface area contributed by atoms with Gasteiger partial charge >= 0.3 is 0 Å². The Labute approximate surface area is 89.7 Å². The Morgan fingerprint density at radius 2 is 1.86 bits per heavy atom. The summed E-state index contributed by atoms with van der Waals surface area (Å²) in [5.74, 6) is 0.850. The Hall–Kier alpha value is -0.0400. The van der Waals surface area contributed by atoms with Crippen LogP contribution in [0, 0.1) is 11.3 Å². The fourth-order valence-corrected chi connectivity index (χ4v) is 2.06. The van der Waals surface area contributed by atoms with Crippen molar-refractivity contribution in [3.05, 3.63) is 0 Å². The first-order chi connectivity index (χ1) is 6.58. The molecule has 0 heterocycles. The molecular weight excluding hydrogens is 170 g/mol. The molecule has 0 aromatic heterocycles. The molecule has 0 aromatic rings. The second-order valence-corrected chi connectivity index (χ2v) is 5.63. The Balaban J connectivity index is 2.29. The summed E-state index contributed by atoms with van der Waals surface area (Å²) in [7, 11) is 0. The largest absolute Gasteiger partial charge is 0.313 e. The van der Waals surface area contributed by atoms with Crippen molar-refractivity contribution in [3.63, 3.8) is 0 Å². The van der Waals surface area contributed by atoms with Gasteiger partial charge in [0.25, 0.3) is 0 Å². The molecule has 0 aliphatic heterocycles. The lowest BCUT2D eigenvalue weighted by Gasteiger charge is -2.25. The van der Waals surface area contributed by atoms with Crippen LogP contribution in [-0.4, -0.2) is 12.6 Å². The second-order valence-electron chi connectivity index (χ2n) is 5.63. The third-order valence-corrected chi connectivity index (χ3v) is 3.55. The van der Waals surface area contributed by atoms with E-state index in [1.165, 1.54) is 38.6 Å². The van der Waals surface area contributed by atoms with Crippen molar-refractivity contribution >= 4 is 0 Å². The molecule has 1 atom stereocenters. The lowest BCUT2D eigenvalue weighted by Crippen LogP contribution is -2.36. The summed E-state index contributed by atoms with van der Waals surface area (Å²) >= 11 is 0. The van der Waals surface area contributed by atoms with Crippen molar-refractivity contribution < 1.29 is 0 Å². The molecule has 14 heavy (non-hydrogen) atoms. The maximum atomic E-state index is 3.73. The molecule has 0 radical (unpaired) electrons. The Morgan fingerprint density at radius 3 is 2.29 bits per heavy atom. The van der Waals surface area contributed by atoms with Gasteiger partial charge < -0.3 is 5.32 Å². The molecule has 0 bridgehead atoms. The van der Waals surface area contributed by atoms with E-state index in [-0.39, 0.29) is 0 Å². The lowest BCUT2D eigenvalue weighted by atomic mass is 9.91. The van der Waals surface area contributed by atoms with E-state index < -0.39 is 0 Å². The summed E-state index contributed by atoms with van der Waals surface area (Å²) in [6.45, 7) is 10.5. The third kappa shape index (κ3) is 3.61. The number of nitrogens with one attached hydrogen (secondary N) is 1. The summed E-state index contributed by atoms with van der Waals surface area (Å²) in [6.07, 6.45) is 6.87. The van der Waals surface area contributed by atoms with E-state index in [9.17, 15) is 0 Å². The van der Waals surface area contributed by atoms with E-state index in [1.807, 2.05) is 0 Å². The topological polar surface area (TPSA) is 12.0 Å². The molecule has 1 saturated carbocycles. The molecule has 1 heteroatoms. The van der Waals surface area contributed by atoms with Gasteiger partial charge in [-0.2, -0.15) is 0 Å². The average Bonchev–Trinajstić information content (AvgIpc) is 2.84.